The van der Waals surface area contributed by atoms with Gasteiger partial charge >= 0.3 is 0 Å². The van der Waals surface area contributed by atoms with Crippen LogP contribution < -0.4 is 0 Å². The van der Waals surface area contributed by atoms with Crippen molar-refractivity contribution in [3.05, 3.63) is 58.7 Å². The van der Waals surface area contributed by atoms with Crippen LogP contribution in [-0.2, 0) is 5.41 Å². The quantitative estimate of drug-likeness (QED) is 0.515. The Balaban J connectivity index is 2.27. The Morgan fingerprint density at radius 2 is 1.12 bits per heavy atom. The third kappa shape index (κ3) is 3.16. The van der Waals surface area contributed by atoms with Crippen LogP contribution in [0.3, 0.4) is 0 Å². The first kappa shape index (κ1) is 18.2. The Labute approximate surface area is 154 Å². The van der Waals surface area contributed by atoms with Crippen LogP contribution in [-0.4, -0.2) is 0 Å². The molecule has 0 nitrogen and oxygen atoms in total. The molecule has 1 aliphatic rings. The van der Waals surface area contributed by atoms with E-state index in [0.29, 0.717) is 0 Å². The lowest BCUT2D eigenvalue weighted by atomic mass is 9.66. The van der Waals surface area contributed by atoms with Gasteiger partial charge in [-0.2, -0.15) is 0 Å². The summed E-state index contributed by atoms with van der Waals surface area (Å²) in [7, 11) is 0. The van der Waals surface area contributed by atoms with Crippen molar-refractivity contribution in [3.63, 3.8) is 0 Å². The monoisotopic (exact) mass is 334 g/mol. The highest BCUT2D eigenvalue weighted by atomic mass is 14.5. The van der Waals surface area contributed by atoms with Crippen molar-refractivity contribution in [2.45, 2.75) is 72.6 Å². The van der Waals surface area contributed by atoms with Crippen molar-refractivity contribution in [1.29, 1.82) is 0 Å². The number of fused-ring (bicyclic) bond motifs is 3. The van der Waals surface area contributed by atoms with Crippen molar-refractivity contribution in [2.24, 2.45) is 11.8 Å². The van der Waals surface area contributed by atoms with Crippen LogP contribution in [0.2, 0.25) is 0 Å². The molecule has 0 radical (unpaired) electrons. The van der Waals surface area contributed by atoms with Crippen molar-refractivity contribution in [1.82, 2.24) is 0 Å². The van der Waals surface area contributed by atoms with Gasteiger partial charge in [-0.1, -0.05) is 88.1 Å². The maximum absolute atomic E-state index is 2.48. The van der Waals surface area contributed by atoms with Crippen LogP contribution in [0.4, 0.5) is 0 Å². The highest BCUT2D eigenvalue weighted by molar-refractivity contribution is 5.81. The van der Waals surface area contributed by atoms with Gasteiger partial charge in [-0.25, -0.2) is 0 Å². The maximum atomic E-state index is 2.48. The molecule has 2 aromatic carbocycles. The van der Waals surface area contributed by atoms with Gasteiger partial charge < -0.3 is 0 Å². The Hall–Kier alpha value is -1.56. The van der Waals surface area contributed by atoms with Crippen LogP contribution in [0.25, 0.3) is 11.1 Å². The number of aryl methyl sites for hydroxylation is 2. The third-order valence-corrected chi connectivity index (χ3v) is 6.46. The molecule has 0 bridgehead atoms. The Morgan fingerprint density at radius 3 is 1.48 bits per heavy atom. The average Bonchev–Trinajstić information content (AvgIpc) is 2.84. The van der Waals surface area contributed by atoms with Crippen molar-refractivity contribution >= 4 is 0 Å². The van der Waals surface area contributed by atoms with E-state index in [1.807, 2.05) is 0 Å². The zero-order chi connectivity index (χ0) is 18.2. The standard InChI is InChI=1S/C25H34/c1-7-17(3)15-25(16-18(4)8-2)23-13-19(5)9-11-21(23)22-12-10-20(6)14-24(22)25/h9-14,17-18H,7-8,15-16H2,1-6H3/t17-,18-/m0/s1. The first-order valence-corrected chi connectivity index (χ1v) is 10.1. The highest BCUT2D eigenvalue weighted by Gasteiger charge is 2.44. The van der Waals surface area contributed by atoms with Gasteiger partial charge in [0.05, 0.1) is 0 Å². The molecular weight excluding hydrogens is 300 g/mol. The molecule has 2 aromatic rings. The summed E-state index contributed by atoms with van der Waals surface area (Å²) in [5.41, 5.74) is 9.11. The fourth-order valence-electron chi connectivity index (χ4n) is 4.72. The van der Waals surface area contributed by atoms with Crippen LogP contribution >= 0.6 is 0 Å². The summed E-state index contributed by atoms with van der Waals surface area (Å²) in [6.45, 7) is 14.0. The Morgan fingerprint density at radius 1 is 0.720 bits per heavy atom. The van der Waals surface area contributed by atoms with Crippen LogP contribution in [0.1, 0.15) is 75.6 Å². The lowest BCUT2D eigenvalue weighted by Crippen LogP contribution is -2.30. The van der Waals surface area contributed by atoms with Crippen LogP contribution in [0.15, 0.2) is 36.4 Å². The van der Waals surface area contributed by atoms with E-state index in [9.17, 15) is 0 Å². The SMILES string of the molecule is CC[C@H](C)CC1(C[C@@H](C)CC)c2cc(C)ccc2-c2ccc(C)cc21. The van der Waals surface area contributed by atoms with Gasteiger partial charge in [0.25, 0.3) is 0 Å². The molecular formula is C25H34. The Bertz CT molecular complexity index is 687. The van der Waals surface area contributed by atoms with E-state index in [1.165, 1.54) is 47.9 Å². The molecule has 2 atom stereocenters. The molecule has 0 saturated heterocycles. The van der Waals surface area contributed by atoms with Crippen LogP contribution in [0, 0.1) is 25.7 Å². The first-order valence-electron chi connectivity index (χ1n) is 10.1. The predicted octanol–water partition coefficient (Wildman–Crippen LogP) is 7.44. The molecule has 0 aliphatic heterocycles. The second-order valence-electron chi connectivity index (χ2n) is 8.62. The van der Waals surface area contributed by atoms with Crippen molar-refractivity contribution in [3.8, 4) is 11.1 Å². The summed E-state index contributed by atoms with van der Waals surface area (Å²) < 4.78 is 0. The van der Waals surface area contributed by atoms with Gasteiger partial charge in [-0.3, -0.25) is 0 Å². The zero-order valence-corrected chi connectivity index (χ0v) is 16.9. The third-order valence-electron chi connectivity index (χ3n) is 6.46. The lowest BCUT2D eigenvalue weighted by molar-refractivity contribution is 0.308. The second kappa shape index (κ2) is 6.98. The van der Waals surface area contributed by atoms with Gasteiger partial charge in [-0.05, 0) is 60.8 Å². The maximum Gasteiger partial charge on any atom is 0.0220 e. The minimum absolute atomic E-state index is 0.188. The van der Waals surface area contributed by atoms with Crippen molar-refractivity contribution in [2.75, 3.05) is 0 Å². The normalized spacial score (nSPS) is 17.0. The summed E-state index contributed by atoms with van der Waals surface area (Å²) in [6.07, 6.45) is 5.04. The van der Waals surface area contributed by atoms with Gasteiger partial charge in [0, 0.05) is 5.41 Å². The molecule has 0 heteroatoms. The van der Waals surface area contributed by atoms with E-state index in [2.05, 4.69) is 77.9 Å². The molecule has 134 valence electrons. The topological polar surface area (TPSA) is 0 Å². The highest BCUT2D eigenvalue weighted by Crippen LogP contribution is 2.55. The lowest BCUT2D eigenvalue weighted by Gasteiger charge is -2.37. The number of hydrogen-bond donors (Lipinski definition) is 0. The fourth-order valence-corrected chi connectivity index (χ4v) is 4.72. The van der Waals surface area contributed by atoms with Gasteiger partial charge in [-0.15, -0.1) is 0 Å². The predicted molar refractivity (Wildman–Crippen MR) is 110 cm³/mol. The number of hydrogen-bond acceptors (Lipinski definition) is 0. The summed E-state index contributed by atoms with van der Waals surface area (Å²) in [6, 6.07) is 14.3. The molecule has 0 amide bonds. The molecule has 0 N–H and O–H groups in total. The molecule has 3 rings (SSSR count). The summed E-state index contributed by atoms with van der Waals surface area (Å²) >= 11 is 0. The van der Waals surface area contributed by atoms with E-state index in [-0.39, 0.29) is 5.41 Å². The van der Waals surface area contributed by atoms with Gasteiger partial charge in [0.15, 0.2) is 0 Å². The molecule has 0 heterocycles. The number of rotatable bonds is 6. The van der Waals surface area contributed by atoms with Gasteiger partial charge in [0.2, 0.25) is 0 Å². The zero-order valence-electron chi connectivity index (χ0n) is 16.9. The molecule has 25 heavy (non-hydrogen) atoms. The summed E-state index contributed by atoms with van der Waals surface area (Å²) in [5.74, 6) is 1.48. The average molecular weight is 335 g/mol. The molecule has 1 aliphatic carbocycles. The minimum Gasteiger partial charge on any atom is -0.0651 e. The van der Waals surface area contributed by atoms with E-state index in [0.717, 1.165) is 11.8 Å². The molecule has 0 fully saturated rings. The molecule has 0 spiro atoms. The van der Waals surface area contributed by atoms with E-state index < -0.39 is 0 Å². The van der Waals surface area contributed by atoms with Crippen LogP contribution in [0.5, 0.6) is 0 Å². The molecule has 0 saturated carbocycles. The first-order chi connectivity index (χ1) is 11.9. The van der Waals surface area contributed by atoms with E-state index in [1.54, 1.807) is 11.1 Å². The van der Waals surface area contributed by atoms with E-state index >= 15 is 0 Å². The summed E-state index contributed by atoms with van der Waals surface area (Å²) in [4.78, 5) is 0. The fraction of sp³-hybridized carbons (Fsp3) is 0.520. The minimum atomic E-state index is 0.188. The summed E-state index contributed by atoms with van der Waals surface area (Å²) in [5, 5.41) is 0. The van der Waals surface area contributed by atoms with Crippen molar-refractivity contribution < 1.29 is 0 Å². The molecule has 0 aromatic heterocycles. The molecule has 0 unspecified atom stereocenters. The van der Waals surface area contributed by atoms with E-state index in [4.69, 9.17) is 0 Å². The Kier molecular flexibility index (Phi) is 5.09. The smallest absolute Gasteiger partial charge is 0.0220 e. The largest absolute Gasteiger partial charge is 0.0651 e. The number of benzene rings is 2. The van der Waals surface area contributed by atoms with Gasteiger partial charge in [0.1, 0.15) is 0 Å². The second-order valence-corrected chi connectivity index (χ2v) is 8.62.